The van der Waals surface area contributed by atoms with Crippen LogP contribution in [0, 0.1) is 29.1 Å². The van der Waals surface area contributed by atoms with E-state index in [0.29, 0.717) is 6.42 Å². The lowest BCUT2D eigenvalue weighted by Gasteiger charge is -2.10. The van der Waals surface area contributed by atoms with Crippen LogP contribution in [0.3, 0.4) is 0 Å². The van der Waals surface area contributed by atoms with Gasteiger partial charge in [-0.2, -0.15) is 17.2 Å². The third kappa shape index (κ3) is 5.15. The molecule has 0 aliphatic carbocycles. The first-order valence-electron chi connectivity index (χ1n) is 7.06. The van der Waals surface area contributed by atoms with E-state index < -0.39 is 62.9 Å². The number of rotatable bonds is 9. The predicted molar refractivity (Wildman–Crippen MR) is 74.4 cm³/mol. The van der Waals surface area contributed by atoms with Crippen LogP contribution in [-0.2, 0) is 14.9 Å². The van der Waals surface area contributed by atoms with Crippen LogP contribution in [0.5, 0.6) is 5.75 Å². The Morgan fingerprint density at radius 3 is 1.88 bits per heavy atom. The molecule has 1 aromatic rings. The Morgan fingerprint density at radius 1 is 0.875 bits per heavy atom. The molecule has 4 nitrogen and oxygen atoms in total. The minimum Gasteiger partial charge on any atom is -0.376 e. The second kappa shape index (κ2) is 8.41. The number of benzene rings is 1. The van der Waals surface area contributed by atoms with E-state index in [0.717, 1.165) is 12.8 Å². The number of unbranched alkanes of at least 4 members (excludes halogenated alkanes) is 2. The van der Waals surface area contributed by atoms with Gasteiger partial charge in [-0.05, 0) is 6.42 Å². The van der Waals surface area contributed by atoms with Crippen molar-refractivity contribution < 1.29 is 39.3 Å². The van der Waals surface area contributed by atoms with E-state index in [1.54, 1.807) is 0 Å². The van der Waals surface area contributed by atoms with E-state index >= 15 is 0 Å². The van der Waals surface area contributed by atoms with Crippen molar-refractivity contribution in [2.75, 3.05) is 5.75 Å². The van der Waals surface area contributed by atoms with Crippen LogP contribution in [0.4, 0.5) is 22.0 Å². The van der Waals surface area contributed by atoms with Gasteiger partial charge in [0.15, 0.2) is 0 Å². The van der Waals surface area contributed by atoms with Crippen molar-refractivity contribution >= 4 is 15.9 Å². The average molecular weight is 374 g/mol. The Bertz CT molecular complexity index is 689. The van der Waals surface area contributed by atoms with E-state index in [4.69, 9.17) is 0 Å². The molecule has 0 saturated heterocycles. The smallest absolute Gasteiger partial charge is 0.309 e. The summed E-state index contributed by atoms with van der Waals surface area (Å²) in [6, 6.07) is 0. The van der Waals surface area contributed by atoms with Crippen molar-refractivity contribution in [1.82, 2.24) is 0 Å². The first kappa shape index (κ1) is 20.3. The lowest BCUT2D eigenvalue weighted by atomic mass is 10.1. The average Bonchev–Trinajstić information content (AvgIpc) is 2.54. The zero-order valence-electron chi connectivity index (χ0n) is 12.7. The number of hydrogen-bond donors (Lipinski definition) is 0. The summed E-state index contributed by atoms with van der Waals surface area (Å²) in [6.07, 6.45) is 1.84. The fourth-order valence-corrected chi connectivity index (χ4v) is 2.72. The largest absolute Gasteiger partial charge is 0.376 e. The molecule has 0 aliphatic heterocycles. The molecular weight excluding hydrogens is 359 g/mol. The van der Waals surface area contributed by atoms with Gasteiger partial charge >= 0.3 is 10.1 Å². The molecule has 0 heterocycles. The van der Waals surface area contributed by atoms with Gasteiger partial charge in [0.2, 0.25) is 34.8 Å². The normalized spacial score (nSPS) is 11.6. The summed E-state index contributed by atoms with van der Waals surface area (Å²) < 4.78 is 92.7. The van der Waals surface area contributed by atoms with Crippen molar-refractivity contribution in [2.45, 2.75) is 39.0 Å². The van der Waals surface area contributed by atoms with Crippen LogP contribution >= 0.6 is 0 Å². The molecule has 0 amide bonds. The maximum absolute atomic E-state index is 13.4. The number of ketones is 1. The Hall–Kier alpha value is -1.71. The molecule has 0 aromatic heterocycles. The molecule has 0 unspecified atom stereocenters. The molecule has 0 bridgehead atoms. The molecule has 1 aromatic carbocycles. The van der Waals surface area contributed by atoms with Gasteiger partial charge in [0.05, 0.1) is 5.75 Å². The molecule has 10 heteroatoms. The summed E-state index contributed by atoms with van der Waals surface area (Å²) in [6.45, 7) is 1.91. The summed E-state index contributed by atoms with van der Waals surface area (Å²) >= 11 is 0. The molecule has 1 rings (SSSR count). The highest BCUT2D eigenvalue weighted by atomic mass is 32.2. The van der Waals surface area contributed by atoms with Gasteiger partial charge in [0.25, 0.3) is 0 Å². The molecule has 0 radical (unpaired) electrons. The van der Waals surface area contributed by atoms with Crippen LogP contribution in [-0.4, -0.2) is 20.0 Å². The molecular formula is C14H15F5O4S. The van der Waals surface area contributed by atoms with Gasteiger partial charge < -0.3 is 4.18 Å². The van der Waals surface area contributed by atoms with E-state index in [1.807, 2.05) is 6.92 Å². The molecule has 136 valence electrons. The Kier molecular flexibility index (Phi) is 7.12. The fraction of sp³-hybridized carbons (Fsp3) is 0.500. The summed E-state index contributed by atoms with van der Waals surface area (Å²) in [4.78, 5) is 11.5. The van der Waals surface area contributed by atoms with Crippen molar-refractivity contribution in [3.05, 3.63) is 29.1 Å². The van der Waals surface area contributed by atoms with Crippen molar-refractivity contribution in [2.24, 2.45) is 0 Å². The molecule has 0 spiro atoms. The topological polar surface area (TPSA) is 60.4 Å². The monoisotopic (exact) mass is 374 g/mol. The van der Waals surface area contributed by atoms with Gasteiger partial charge in [-0.1, -0.05) is 19.8 Å². The van der Waals surface area contributed by atoms with Gasteiger partial charge in [-0.3, -0.25) is 4.79 Å². The molecule has 0 N–H and O–H groups in total. The maximum Gasteiger partial charge on any atom is 0.309 e. The number of Topliss-reactive ketones (excluding diaryl/α,β-unsaturated/α-hetero) is 1. The zero-order valence-corrected chi connectivity index (χ0v) is 13.5. The molecule has 0 aliphatic rings. The number of halogens is 5. The van der Waals surface area contributed by atoms with Crippen molar-refractivity contribution in [3.63, 3.8) is 0 Å². The zero-order chi connectivity index (χ0) is 18.5. The van der Waals surface area contributed by atoms with Crippen LogP contribution < -0.4 is 4.18 Å². The van der Waals surface area contributed by atoms with Crippen molar-refractivity contribution in [1.29, 1.82) is 0 Å². The van der Waals surface area contributed by atoms with Crippen LogP contribution in [0.25, 0.3) is 0 Å². The minimum absolute atomic E-state index is 0.131. The molecule has 0 fully saturated rings. The highest BCUT2D eigenvalue weighted by Crippen LogP contribution is 2.30. The summed E-state index contributed by atoms with van der Waals surface area (Å²) in [5.41, 5.74) is 0. The first-order valence-corrected chi connectivity index (χ1v) is 8.63. The Labute approximate surface area is 135 Å². The minimum atomic E-state index is -4.71. The SMILES string of the molecule is CCCCCC(=O)CCS(=O)(=O)Oc1c(F)c(F)c(F)c(F)c1F. The number of carbonyl (C=O) groups excluding carboxylic acids is 1. The number of hydrogen-bond acceptors (Lipinski definition) is 4. The maximum atomic E-state index is 13.4. The standard InChI is InChI=1S/C14H15F5O4S/c1-2-3-4-5-8(20)6-7-24(21,22)23-14-12(18)10(16)9(15)11(17)13(14)19/h2-7H2,1H3. The van der Waals surface area contributed by atoms with Crippen LogP contribution in [0.15, 0.2) is 0 Å². The third-order valence-electron chi connectivity index (χ3n) is 3.07. The highest BCUT2D eigenvalue weighted by molar-refractivity contribution is 7.87. The van der Waals surface area contributed by atoms with E-state index in [2.05, 4.69) is 4.18 Å². The Morgan fingerprint density at radius 2 is 1.38 bits per heavy atom. The summed E-state index contributed by atoms with van der Waals surface area (Å²) in [5, 5.41) is 0. The highest BCUT2D eigenvalue weighted by Gasteiger charge is 2.30. The number of carbonyl (C=O) groups is 1. The van der Waals surface area contributed by atoms with E-state index in [-0.39, 0.29) is 6.42 Å². The predicted octanol–water partition coefficient (Wildman–Crippen LogP) is 3.63. The van der Waals surface area contributed by atoms with E-state index in [9.17, 15) is 35.2 Å². The second-order valence-corrected chi connectivity index (χ2v) is 6.68. The van der Waals surface area contributed by atoms with Crippen molar-refractivity contribution in [3.8, 4) is 5.75 Å². The van der Waals surface area contributed by atoms with Crippen LogP contribution in [0.1, 0.15) is 39.0 Å². The van der Waals surface area contributed by atoms with E-state index in [1.165, 1.54) is 0 Å². The summed E-state index contributed by atoms with van der Waals surface area (Å²) in [7, 11) is -4.71. The molecule has 0 saturated carbocycles. The molecule has 24 heavy (non-hydrogen) atoms. The Balaban J connectivity index is 2.84. The third-order valence-corrected chi connectivity index (χ3v) is 4.19. The van der Waals surface area contributed by atoms with Gasteiger partial charge in [0.1, 0.15) is 5.78 Å². The lowest BCUT2D eigenvalue weighted by molar-refractivity contribution is -0.118. The quantitative estimate of drug-likeness (QED) is 0.218. The fourth-order valence-electron chi connectivity index (χ4n) is 1.76. The lowest BCUT2D eigenvalue weighted by Crippen LogP contribution is -2.19. The van der Waals surface area contributed by atoms with Gasteiger partial charge in [0, 0.05) is 12.8 Å². The first-order chi connectivity index (χ1) is 11.1. The summed E-state index contributed by atoms with van der Waals surface area (Å²) in [5.74, 6) is -15.1. The van der Waals surface area contributed by atoms with Crippen LogP contribution in [0.2, 0.25) is 0 Å². The second-order valence-electron chi connectivity index (χ2n) is 4.99. The molecule has 0 atom stereocenters. The van der Waals surface area contributed by atoms with Gasteiger partial charge in [-0.25, -0.2) is 13.2 Å². The van der Waals surface area contributed by atoms with Gasteiger partial charge in [-0.15, -0.1) is 0 Å².